The third kappa shape index (κ3) is 3.68. The summed E-state index contributed by atoms with van der Waals surface area (Å²) in [6, 6.07) is 15.1. The first-order chi connectivity index (χ1) is 13.8. The molecule has 0 amide bonds. The van der Waals surface area contributed by atoms with Gasteiger partial charge in [-0.1, -0.05) is 18.2 Å². The van der Waals surface area contributed by atoms with Crippen molar-refractivity contribution in [1.29, 1.82) is 0 Å². The topological polar surface area (TPSA) is 51.8 Å². The molecule has 1 aliphatic heterocycles. The molecule has 1 fully saturated rings. The highest BCUT2D eigenvalue weighted by Crippen LogP contribution is 2.24. The highest BCUT2D eigenvalue weighted by atomic mass is 15.2. The summed E-state index contributed by atoms with van der Waals surface area (Å²) >= 11 is 0. The predicted molar refractivity (Wildman–Crippen MR) is 109 cm³/mol. The lowest BCUT2D eigenvalue weighted by molar-refractivity contribution is 0.306. The third-order valence-corrected chi connectivity index (χ3v) is 5.61. The number of nitrogens with zero attached hydrogens (tertiary/aromatic N) is 6. The van der Waals surface area contributed by atoms with Crippen molar-refractivity contribution in [2.75, 3.05) is 13.1 Å². The number of fused-ring (bicyclic) bond motifs is 1. The first-order valence-corrected chi connectivity index (χ1v) is 9.86. The number of hydrogen-bond donors (Lipinski definition) is 0. The molecule has 0 N–H and O–H groups in total. The van der Waals surface area contributed by atoms with Crippen molar-refractivity contribution in [3.8, 4) is 0 Å². The van der Waals surface area contributed by atoms with Crippen LogP contribution in [0.4, 0.5) is 0 Å². The molecule has 4 aromatic rings. The standard InChI is InChI=1S/C22H24N6/c1-2-8-23-21(3-1)15-26-9-6-19(13-26)14-28-10-7-20-5-4-18(11-22(20)28)12-27-16-24-25-17-27/h1-5,7-8,10-11,16-17,19H,6,9,12-15H2. The van der Waals surface area contributed by atoms with Crippen LogP contribution in [-0.2, 0) is 19.6 Å². The van der Waals surface area contributed by atoms with Gasteiger partial charge in [0.05, 0.1) is 12.2 Å². The molecule has 0 radical (unpaired) electrons. The molecule has 3 aromatic heterocycles. The van der Waals surface area contributed by atoms with Gasteiger partial charge in [0.15, 0.2) is 0 Å². The summed E-state index contributed by atoms with van der Waals surface area (Å²) in [6.45, 7) is 5.11. The number of hydrogen-bond acceptors (Lipinski definition) is 4. The summed E-state index contributed by atoms with van der Waals surface area (Å²) in [5, 5.41) is 9.09. The van der Waals surface area contributed by atoms with Crippen molar-refractivity contribution < 1.29 is 0 Å². The summed E-state index contributed by atoms with van der Waals surface area (Å²) in [4.78, 5) is 6.99. The first kappa shape index (κ1) is 17.1. The van der Waals surface area contributed by atoms with E-state index in [-0.39, 0.29) is 0 Å². The fourth-order valence-electron chi connectivity index (χ4n) is 4.21. The van der Waals surface area contributed by atoms with Crippen LogP contribution >= 0.6 is 0 Å². The maximum absolute atomic E-state index is 4.47. The fourth-order valence-corrected chi connectivity index (χ4v) is 4.21. The van der Waals surface area contributed by atoms with Crippen molar-refractivity contribution in [2.24, 2.45) is 5.92 Å². The molecule has 0 aliphatic carbocycles. The van der Waals surface area contributed by atoms with Crippen LogP contribution in [0.5, 0.6) is 0 Å². The van der Waals surface area contributed by atoms with E-state index >= 15 is 0 Å². The first-order valence-electron chi connectivity index (χ1n) is 9.86. The molecule has 0 bridgehead atoms. The number of pyridine rings is 1. The zero-order chi connectivity index (χ0) is 18.8. The normalized spacial score (nSPS) is 17.5. The van der Waals surface area contributed by atoms with Gasteiger partial charge in [-0.05, 0) is 54.1 Å². The van der Waals surface area contributed by atoms with E-state index in [1.807, 2.05) is 16.8 Å². The van der Waals surface area contributed by atoms with Crippen molar-refractivity contribution in [3.63, 3.8) is 0 Å². The zero-order valence-electron chi connectivity index (χ0n) is 15.9. The van der Waals surface area contributed by atoms with Gasteiger partial charge in [-0.15, -0.1) is 10.2 Å². The molecule has 4 heterocycles. The Labute approximate surface area is 164 Å². The quantitative estimate of drug-likeness (QED) is 0.522. The van der Waals surface area contributed by atoms with E-state index in [1.165, 1.54) is 22.9 Å². The second kappa shape index (κ2) is 7.56. The summed E-state index contributed by atoms with van der Waals surface area (Å²) in [7, 11) is 0. The molecule has 142 valence electrons. The second-order valence-corrected chi connectivity index (χ2v) is 7.71. The lowest BCUT2D eigenvalue weighted by Gasteiger charge is -2.16. The molecule has 28 heavy (non-hydrogen) atoms. The van der Waals surface area contributed by atoms with Crippen LogP contribution in [0.3, 0.4) is 0 Å². The van der Waals surface area contributed by atoms with Gasteiger partial charge in [-0.3, -0.25) is 9.88 Å². The maximum Gasteiger partial charge on any atom is 0.119 e. The minimum absolute atomic E-state index is 0.681. The molecule has 1 unspecified atom stereocenters. The zero-order valence-corrected chi connectivity index (χ0v) is 15.9. The molecule has 1 aromatic carbocycles. The second-order valence-electron chi connectivity index (χ2n) is 7.71. The van der Waals surface area contributed by atoms with Crippen LogP contribution < -0.4 is 0 Å². The monoisotopic (exact) mass is 372 g/mol. The minimum atomic E-state index is 0.681. The van der Waals surface area contributed by atoms with E-state index in [9.17, 15) is 0 Å². The Bertz CT molecular complexity index is 1040. The van der Waals surface area contributed by atoms with Gasteiger partial charge in [-0.25, -0.2) is 0 Å². The SMILES string of the molecule is c1ccc(CN2CCC(Cn3ccc4ccc(Cn5cnnc5)cc43)C2)nc1. The average Bonchev–Trinajstić information content (AvgIpc) is 3.46. The van der Waals surface area contributed by atoms with Gasteiger partial charge in [-0.2, -0.15) is 0 Å². The molecule has 6 nitrogen and oxygen atoms in total. The molecule has 0 spiro atoms. The minimum Gasteiger partial charge on any atom is -0.347 e. The molecule has 6 heteroatoms. The van der Waals surface area contributed by atoms with Crippen LogP contribution in [0.2, 0.25) is 0 Å². The average molecular weight is 372 g/mol. The highest BCUT2D eigenvalue weighted by Gasteiger charge is 2.23. The Morgan fingerprint density at radius 2 is 1.93 bits per heavy atom. The van der Waals surface area contributed by atoms with E-state index in [0.717, 1.165) is 38.4 Å². The molecule has 0 saturated carbocycles. The molecular weight excluding hydrogens is 348 g/mol. The molecule has 1 saturated heterocycles. The summed E-state index contributed by atoms with van der Waals surface area (Å²) < 4.78 is 4.42. The summed E-state index contributed by atoms with van der Waals surface area (Å²) in [5.74, 6) is 0.681. The van der Waals surface area contributed by atoms with Gasteiger partial charge in [0.2, 0.25) is 0 Å². The maximum atomic E-state index is 4.47. The summed E-state index contributed by atoms with van der Waals surface area (Å²) in [5.41, 5.74) is 3.75. The van der Waals surface area contributed by atoms with Crippen molar-refractivity contribution in [3.05, 3.63) is 78.8 Å². The third-order valence-electron chi connectivity index (χ3n) is 5.61. The Balaban J connectivity index is 1.27. The van der Waals surface area contributed by atoms with E-state index in [2.05, 4.69) is 67.2 Å². The highest BCUT2D eigenvalue weighted by molar-refractivity contribution is 5.80. The van der Waals surface area contributed by atoms with Crippen LogP contribution in [0.15, 0.2) is 67.5 Å². The van der Waals surface area contributed by atoms with Crippen molar-refractivity contribution >= 4 is 10.9 Å². The van der Waals surface area contributed by atoms with E-state index < -0.39 is 0 Å². The van der Waals surface area contributed by atoms with Crippen LogP contribution in [0.25, 0.3) is 10.9 Å². The van der Waals surface area contributed by atoms with E-state index in [0.29, 0.717) is 5.92 Å². The molecule has 5 rings (SSSR count). The van der Waals surface area contributed by atoms with E-state index in [4.69, 9.17) is 0 Å². The lowest BCUT2D eigenvalue weighted by atomic mass is 10.1. The predicted octanol–water partition coefficient (Wildman–Crippen LogP) is 3.20. The van der Waals surface area contributed by atoms with Crippen LogP contribution in [0.1, 0.15) is 17.7 Å². The van der Waals surface area contributed by atoms with Gasteiger partial charge < -0.3 is 9.13 Å². The fraction of sp³-hybridized carbons (Fsp3) is 0.318. The van der Waals surface area contributed by atoms with Gasteiger partial charge >= 0.3 is 0 Å². The van der Waals surface area contributed by atoms with Gasteiger partial charge in [0.1, 0.15) is 12.7 Å². The van der Waals surface area contributed by atoms with Crippen LogP contribution in [0, 0.1) is 5.92 Å². The van der Waals surface area contributed by atoms with Gasteiger partial charge in [0.25, 0.3) is 0 Å². The lowest BCUT2D eigenvalue weighted by Crippen LogP contribution is -2.22. The molecular formula is C22H24N6. The smallest absolute Gasteiger partial charge is 0.119 e. The molecule has 1 aliphatic rings. The Morgan fingerprint density at radius 1 is 1.00 bits per heavy atom. The van der Waals surface area contributed by atoms with Crippen molar-refractivity contribution in [1.82, 2.24) is 29.2 Å². The Hall–Kier alpha value is -2.99. The number of likely N-dealkylation sites (tertiary alicyclic amines) is 1. The largest absolute Gasteiger partial charge is 0.347 e. The Morgan fingerprint density at radius 3 is 2.79 bits per heavy atom. The van der Waals surface area contributed by atoms with Crippen LogP contribution in [-0.4, -0.2) is 42.3 Å². The summed E-state index contributed by atoms with van der Waals surface area (Å²) in [6.07, 6.45) is 8.88. The number of aromatic nitrogens is 5. The van der Waals surface area contributed by atoms with Gasteiger partial charge in [0, 0.05) is 37.5 Å². The van der Waals surface area contributed by atoms with E-state index in [1.54, 1.807) is 12.7 Å². The molecule has 1 atom stereocenters. The number of rotatable bonds is 6. The Kier molecular flexibility index (Phi) is 4.62. The number of benzene rings is 1. The van der Waals surface area contributed by atoms with Crippen molar-refractivity contribution in [2.45, 2.75) is 26.1 Å².